The molecule has 0 aliphatic carbocycles. The maximum absolute atomic E-state index is 14.3. The molecule has 39 heavy (non-hydrogen) atoms. The highest BCUT2D eigenvalue weighted by atomic mass is 32.2. The maximum Gasteiger partial charge on any atom is 0.247 e. The Morgan fingerprint density at radius 3 is 1.67 bits per heavy atom. The molecule has 0 bridgehead atoms. The number of hydrogen-bond acceptors (Lipinski definition) is 8. The van der Waals surface area contributed by atoms with Gasteiger partial charge in [-0.05, 0) is 29.8 Å². The molecule has 10 heteroatoms. The first-order valence-corrected chi connectivity index (χ1v) is 13.5. The fourth-order valence-corrected chi connectivity index (χ4v) is 5.58. The molecule has 9 nitrogen and oxygen atoms in total. The molecule has 0 saturated heterocycles. The number of nitrogens with zero attached hydrogens (tertiary/aromatic N) is 1. The van der Waals surface area contributed by atoms with Crippen LogP contribution in [0.25, 0.3) is 6.08 Å². The molecule has 0 aromatic heterocycles. The molecular formula is C29H35NO8S. The maximum atomic E-state index is 14.3. The number of hydrogen-bond donors (Lipinski definition) is 0. The minimum Gasteiger partial charge on any atom is -0.497 e. The van der Waals surface area contributed by atoms with Crippen LogP contribution in [0.4, 0.5) is 0 Å². The molecule has 210 valence electrons. The topological polar surface area (TPSA) is 92.8 Å². The molecule has 0 amide bonds. The zero-order valence-electron chi connectivity index (χ0n) is 23.1. The summed E-state index contributed by atoms with van der Waals surface area (Å²) in [7, 11) is 5.10. The summed E-state index contributed by atoms with van der Waals surface area (Å²) in [6.45, 7) is 0.421. The van der Waals surface area contributed by atoms with Gasteiger partial charge in [0.2, 0.25) is 10.0 Å². The van der Waals surface area contributed by atoms with Crippen molar-refractivity contribution in [1.29, 1.82) is 0 Å². The number of methoxy groups -OCH3 is 6. The van der Waals surface area contributed by atoms with Gasteiger partial charge in [-0.15, -0.1) is 0 Å². The van der Waals surface area contributed by atoms with E-state index >= 15 is 0 Å². The third kappa shape index (κ3) is 7.23. The van der Waals surface area contributed by atoms with Gasteiger partial charge in [-0.25, -0.2) is 8.42 Å². The van der Waals surface area contributed by atoms with Crippen LogP contribution in [0, 0.1) is 0 Å². The zero-order valence-corrected chi connectivity index (χ0v) is 23.9. The molecular weight excluding hydrogens is 522 g/mol. The first-order chi connectivity index (χ1) is 18.8. The van der Waals surface area contributed by atoms with Crippen molar-refractivity contribution in [3.63, 3.8) is 0 Å². The van der Waals surface area contributed by atoms with E-state index in [-0.39, 0.29) is 23.7 Å². The highest BCUT2D eigenvalue weighted by Crippen LogP contribution is 2.34. The van der Waals surface area contributed by atoms with E-state index in [9.17, 15) is 8.42 Å². The fourth-order valence-electron chi connectivity index (χ4n) is 3.99. The summed E-state index contributed by atoms with van der Waals surface area (Å²) in [6, 6.07) is 15.5. The van der Waals surface area contributed by atoms with E-state index < -0.39 is 10.0 Å². The van der Waals surface area contributed by atoms with Gasteiger partial charge in [-0.2, -0.15) is 4.31 Å². The molecule has 3 aromatic rings. The molecule has 3 aromatic carbocycles. The predicted molar refractivity (Wildman–Crippen MR) is 149 cm³/mol. The van der Waals surface area contributed by atoms with Crippen molar-refractivity contribution in [1.82, 2.24) is 4.31 Å². The van der Waals surface area contributed by atoms with Gasteiger partial charge in [0.15, 0.2) is 0 Å². The second-order valence-electron chi connectivity index (χ2n) is 8.40. The smallest absolute Gasteiger partial charge is 0.247 e. The van der Waals surface area contributed by atoms with Gasteiger partial charge < -0.3 is 28.4 Å². The van der Waals surface area contributed by atoms with Gasteiger partial charge >= 0.3 is 0 Å². The van der Waals surface area contributed by atoms with Crippen LogP contribution in [0.3, 0.4) is 0 Å². The molecule has 0 fully saturated rings. The van der Waals surface area contributed by atoms with E-state index in [1.807, 2.05) is 0 Å². The number of sulfonamides is 1. The van der Waals surface area contributed by atoms with Crippen molar-refractivity contribution in [2.75, 3.05) is 49.3 Å². The second-order valence-corrected chi connectivity index (χ2v) is 10.3. The van der Waals surface area contributed by atoms with E-state index in [1.54, 1.807) is 88.1 Å². The highest BCUT2D eigenvalue weighted by molar-refractivity contribution is 7.89. The minimum atomic E-state index is -4.11. The summed E-state index contributed by atoms with van der Waals surface area (Å²) in [5.41, 5.74) is 2.00. The predicted octanol–water partition coefficient (Wildman–Crippen LogP) is 4.78. The molecule has 0 atom stereocenters. The van der Waals surface area contributed by atoms with Gasteiger partial charge in [0.1, 0.15) is 33.6 Å². The van der Waals surface area contributed by atoms with Crippen molar-refractivity contribution in [3.8, 4) is 28.7 Å². The average molecular weight is 558 g/mol. The zero-order chi connectivity index (χ0) is 28.4. The highest BCUT2D eigenvalue weighted by Gasteiger charge is 2.30. The Labute approximate surface area is 230 Å². The van der Waals surface area contributed by atoms with Gasteiger partial charge in [-0.3, -0.25) is 0 Å². The SMILES string of the molecule is COC/C=C/c1ccc(OC)c(S(=O)(=O)N(Cc2ccc(OC)cc2OC)Cc2ccc(OC)cc2OC)c1. The Bertz CT molecular complexity index is 1330. The lowest BCUT2D eigenvalue weighted by Gasteiger charge is -2.25. The molecule has 0 aliphatic heterocycles. The quantitative estimate of drug-likeness (QED) is 0.280. The second kappa shape index (κ2) is 13.9. The van der Waals surface area contributed by atoms with Gasteiger partial charge in [0.25, 0.3) is 0 Å². The molecule has 0 unspecified atom stereocenters. The van der Waals surface area contributed by atoms with E-state index in [1.165, 1.54) is 25.6 Å². The molecule has 0 N–H and O–H groups in total. The minimum absolute atomic E-state index is 0.0115. The van der Waals surface area contributed by atoms with Crippen LogP contribution in [0.1, 0.15) is 16.7 Å². The first kappa shape index (κ1) is 29.8. The summed E-state index contributed by atoms with van der Waals surface area (Å²) in [5, 5.41) is 0. The van der Waals surface area contributed by atoms with E-state index in [4.69, 9.17) is 28.4 Å². The summed E-state index contributed by atoms with van der Waals surface area (Å²) in [4.78, 5) is 0.0320. The monoisotopic (exact) mass is 557 g/mol. The lowest BCUT2D eigenvalue weighted by atomic mass is 10.1. The molecule has 0 spiro atoms. The molecule has 0 heterocycles. The van der Waals surface area contributed by atoms with E-state index in [0.717, 1.165) is 0 Å². The first-order valence-electron chi connectivity index (χ1n) is 12.1. The van der Waals surface area contributed by atoms with Crippen LogP contribution in [-0.4, -0.2) is 62.0 Å². The normalized spacial score (nSPS) is 11.6. The van der Waals surface area contributed by atoms with Gasteiger partial charge in [-0.1, -0.05) is 30.4 Å². The molecule has 3 rings (SSSR count). The van der Waals surface area contributed by atoms with Crippen molar-refractivity contribution in [2.45, 2.75) is 18.0 Å². The Balaban J connectivity index is 2.15. The number of benzene rings is 3. The Hall–Kier alpha value is -3.73. The third-order valence-electron chi connectivity index (χ3n) is 6.06. The van der Waals surface area contributed by atoms with Gasteiger partial charge in [0, 0.05) is 43.5 Å². The van der Waals surface area contributed by atoms with E-state index in [2.05, 4.69) is 0 Å². The fraction of sp³-hybridized carbons (Fsp3) is 0.310. The van der Waals surface area contributed by atoms with Crippen molar-refractivity contribution in [2.24, 2.45) is 0 Å². The third-order valence-corrected chi connectivity index (χ3v) is 7.87. The van der Waals surface area contributed by atoms with Crippen LogP contribution in [-0.2, 0) is 27.8 Å². The van der Waals surface area contributed by atoms with Crippen LogP contribution in [0.2, 0.25) is 0 Å². The van der Waals surface area contributed by atoms with Crippen LogP contribution in [0.5, 0.6) is 28.7 Å². The molecule has 0 aliphatic rings. The summed E-state index contributed by atoms with van der Waals surface area (Å²) in [5.74, 6) is 2.42. The standard InChI is InChI=1S/C29H35NO8S/c1-33-15-7-8-21-9-14-26(36-4)29(16-21)39(31,32)30(19-22-10-12-24(34-2)17-27(22)37-5)20-23-11-13-25(35-3)18-28(23)38-6/h7-14,16-18H,15,19-20H2,1-6H3/b8-7+. The van der Waals surface area contributed by atoms with Crippen molar-refractivity contribution >= 4 is 16.1 Å². The lowest BCUT2D eigenvalue weighted by molar-refractivity contribution is 0.234. The Morgan fingerprint density at radius 2 is 1.21 bits per heavy atom. The van der Waals surface area contributed by atoms with Crippen molar-refractivity contribution in [3.05, 3.63) is 77.4 Å². The molecule has 0 radical (unpaired) electrons. The Morgan fingerprint density at radius 1 is 0.667 bits per heavy atom. The largest absolute Gasteiger partial charge is 0.497 e. The number of ether oxygens (including phenoxy) is 6. The van der Waals surface area contributed by atoms with Crippen LogP contribution < -0.4 is 23.7 Å². The summed E-state index contributed by atoms with van der Waals surface area (Å²) < 4.78 is 62.3. The molecule has 0 saturated carbocycles. The van der Waals surface area contributed by atoms with Crippen LogP contribution in [0.15, 0.2) is 65.6 Å². The Kier molecular flexibility index (Phi) is 10.6. The number of rotatable bonds is 14. The van der Waals surface area contributed by atoms with Gasteiger partial charge in [0.05, 0.1) is 42.2 Å². The van der Waals surface area contributed by atoms with Crippen LogP contribution >= 0.6 is 0 Å². The summed E-state index contributed by atoms with van der Waals surface area (Å²) in [6.07, 6.45) is 3.60. The average Bonchev–Trinajstić information content (AvgIpc) is 2.97. The lowest BCUT2D eigenvalue weighted by Crippen LogP contribution is -2.31. The van der Waals surface area contributed by atoms with Crippen molar-refractivity contribution < 1.29 is 36.8 Å². The summed E-state index contributed by atoms with van der Waals surface area (Å²) >= 11 is 0. The van der Waals surface area contributed by atoms with E-state index in [0.29, 0.717) is 46.3 Å².